The van der Waals surface area contributed by atoms with Crippen LogP contribution in [0.4, 0.5) is 0 Å². The summed E-state index contributed by atoms with van der Waals surface area (Å²) in [5.74, 6) is -0.976. The highest BCUT2D eigenvalue weighted by Crippen LogP contribution is 2.29. The lowest BCUT2D eigenvalue weighted by Crippen LogP contribution is -2.59. The predicted molar refractivity (Wildman–Crippen MR) is 131 cm³/mol. The molecule has 2 rings (SSSR count). The highest BCUT2D eigenvalue weighted by molar-refractivity contribution is 5.90. The van der Waals surface area contributed by atoms with E-state index in [-0.39, 0.29) is 47.3 Å². The molecule has 2 fully saturated rings. The highest BCUT2D eigenvalue weighted by Gasteiger charge is 2.38. The standard InChI is InChI=1S/C26H45N3O4/c1-17(2)22(16-19(5)26(32)33)28(6)25(31)23(20-12-8-7-9-13-20)27-24(30)21-14-10-11-15-29(21)18(3)4/h16-18,20-23H,7-15H2,1-6H3,(H,27,30)(H,32,33)/b19-16+. The van der Waals surface area contributed by atoms with Gasteiger partial charge in [-0.1, -0.05) is 45.6 Å². The maximum Gasteiger partial charge on any atom is 0.331 e. The van der Waals surface area contributed by atoms with Gasteiger partial charge in [0.2, 0.25) is 11.8 Å². The molecule has 33 heavy (non-hydrogen) atoms. The summed E-state index contributed by atoms with van der Waals surface area (Å²) >= 11 is 0. The van der Waals surface area contributed by atoms with Crippen LogP contribution in [0.15, 0.2) is 11.6 Å². The average molecular weight is 464 g/mol. The largest absolute Gasteiger partial charge is 0.478 e. The summed E-state index contributed by atoms with van der Waals surface area (Å²) in [6, 6.07) is -0.836. The monoisotopic (exact) mass is 463 g/mol. The molecule has 188 valence electrons. The van der Waals surface area contributed by atoms with Crippen LogP contribution in [0.25, 0.3) is 0 Å². The molecule has 0 spiro atoms. The molecule has 3 atom stereocenters. The minimum atomic E-state index is -0.982. The quantitative estimate of drug-likeness (QED) is 0.507. The number of likely N-dealkylation sites (tertiary alicyclic amines) is 1. The van der Waals surface area contributed by atoms with Gasteiger partial charge in [-0.05, 0) is 64.8 Å². The van der Waals surface area contributed by atoms with Crippen LogP contribution in [0.1, 0.15) is 86.0 Å². The van der Waals surface area contributed by atoms with Crippen molar-refractivity contribution in [3.8, 4) is 0 Å². The van der Waals surface area contributed by atoms with E-state index < -0.39 is 12.0 Å². The molecule has 7 heteroatoms. The summed E-state index contributed by atoms with van der Waals surface area (Å²) in [6.45, 7) is 10.7. The SMILES string of the molecule is C/C(=C\C(C(C)C)N(C)C(=O)C(NC(=O)C1CCCCN1C(C)C)C1CCCCC1)C(=O)O. The Bertz CT molecular complexity index is 712. The summed E-state index contributed by atoms with van der Waals surface area (Å²) < 4.78 is 0. The van der Waals surface area contributed by atoms with Crippen LogP contribution >= 0.6 is 0 Å². The van der Waals surface area contributed by atoms with Crippen molar-refractivity contribution in [3.63, 3.8) is 0 Å². The lowest BCUT2D eigenvalue weighted by atomic mass is 9.82. The Morgan fingerprint density at radius 3 is 2.15 bits per heavy atom. The minimum absolute atomic E-state index is 0.0425. The number of carbonyl (C=O) groups excluding carboxylic acids is 2. The number of likely N-dealkylation sites (N-methyl/N-ethyl adjacent to an activating group) is 1. The fraction of sp³-hybridized carbons (Fsp3) is 0.808. The Kier molecular flexibility index (Phi) is 10.4. The van der Waals surface area contributed by atoms with Crippen molar-refractivity contribution in [2.75, 3.05) is 13.6 Å². The van der Waals surface area contributed by atoms with Gasteiger partial charge >= 0.3 is 5.97 Å². The second kappa shape index (κ2) is 12.5. The number of rotatable bonds is 9. The Morgan fingerprint density at radius 1 is 1.00 bits per heavy atom. The molecular weight excluding hydrogens is 418 g/mol. The number of carbonyl (C=O) groups is 3. The lowest BCUT2D eigenvalue weighted by Gasteiger charge is -2.40. The van der Waals surface area contributed by atoms with Crippen molar-refractivity contribution in [1.82, 2.24) is 15.1 Å². The van der Waals surface area contributed by atoms with Gasteiger partial charge in [-0.3, -0.25) is 14.5 Å². The van der Waals surface area contributed by atoms with Gasteiger partial charge in [0, 0.05) is 18.7 Å². The lowest BCUT2D eigenvalue weighted by molar-refractivity contribution is -0.141. The average Bonchev–Trinajstić information content (AvgIpc) is 2.79. The molecule has 0 bridgehead atoms. The van der Waals surface area contributed by atoms with E-state index in [0.29, 0.717) is 0 Å². The van der Waals surface area contributed by atoms with Crippen molar-refractivity contribution in [2.24, 2.45) is 11.8 Å². The molecule has 1 saturated carbocycles. The van der Waals surface area contributed by atoms with Gasteiger partial charge in [0.05, 0.1) is 12.1 Å². The zero-order chi connectivity index (χ0) is 24.7. The molecule has 1 heterocycles. The molecule has 2 N–H and O–H groups in total. The second-order valence-corrected chi connectivity index (χ2v) is 10.6. The Morgan fingerprint density at radius 2 is 1.61 bits per heavy atom. The first kappa shape index (κ1) is 27.4. The van der Waals surface area contributed by atoms with Gasteiger partial charge in [0.1, 0.15) is 6.04 Å². The van der Waals surface area contributed by atoms with Gasteiger partial charge in [0.15, 0.2) is 0 Å². The fourth-order valence-corrected chi connectivity index (χ4v) is 5.40. The molecular formula is C26H45N3O4. The molecule has 2 aliphatic rings. The third-order valence-corrected chi connectivity index (χ3v) is 7.43. The van der Waals surface area contributed by atoms with Gasteiger partial charge in [-0.15, -0.1) is 0 Å². The summed E-state index contributed by atoms with van der Waals surface area (Å²) in [7, 11) is 1.74. The van der Waals surface area contributed by atoms with E-state index in [9.17, 15) is 19.5 Å². The zero-order valence-electron chi connectivity index (χ0n) is 21.5. The van der Waals surface area contributed by atoms with E-state index in [1.54, 1.807) is 24.9 Å². The van der Waals surface area contributed by atoms with E-state index in [4.69, 9.17) is 0 Å². The molecule has 0 radical (unpaired) electrons. The van der Waals surface area contributed by atoms with Crippen molar-refractivity contribution >= 4 is 17.8 Å². The van der Waals surface area contributed by atoms with Crippen LogP contribution in [0, 0.1) is 11.8 Å². The Hall–Kier alpha value is -1.89. The summed E-state index contributed by atoms with van der Waals surface area (Å²) in [5.41, 5.74) is 0.224. The number of carboxylic acid groups (broad SMARTS) is 1. The van der Waals surface area contributed by atoms with Crippen molar-refractivity contribution < 1.29 is 19.5 Å². The molecule has 1 saturated heterocycles. The van der Waals surface area contributed by atoms with Crippen molar-refractivity contribution in [1.29, 1.82) is 0 Å². The minimum Gasteiger partial charge on any atom is -0.478 e. The smallest absolute Gasteiger partial charge is 0.331 e. The van der Waals surface area contributed by atoms with Gasteiger partial charge in [0.25, 0.3) is 0 Å². The first-order chi connectivity index (χ1) is 15.5. The van der Waals surface area contributed by atoms with Crippen LogP contribution in [0.2, 0.25) is 0 Å². The van der Waals surface area contributed by atoms with E-state index in [1.165, 1.54) is 6.42 Å². The number of nitrogens with zero attached hydrogens (tertiary/aromatic N) is 2. The predicted octanol–water partition coefficient (Wildman–Crippen LogP) is 3.83. The molecule has 1 aliphatic heterocycles. The highest BCUT2D eigenvalue weighted by atomic mass is 16.4. The number of nitrogens with one attached hydrogen (secondary N) is 1. The molecule has 0 aromatic heterocycles. The van der Waals surface area contributed by atoms with Crippen molar-refractivity contribution in [2.45, 2.75) is 110 Å². The number of aliphatic carboxylic acids is 1. The second-order valence-electron chi connectivity index (χ2n) is 10.6. The molecule has 0 aromatic rings. The molecule has 7 nitrogen and oxygen atoms in total. The topological polar surface area (TPSA) is 90.0 Å². The maximum atomic E-state index is 13.8. The van der Waals surface area contributed by atoms with Crippen LogP contribution < -0.4 is 5.32 Å². The van der Waals surface area contributed by atoms with Crippen LogP contribution in [-0.2, 0) is 14.4 Å². The van der Waals surface area contributed by atoms with E-state index in [1.807, 2.05) is 13.8 Å². The number of hydrogen-bond acceptors (Lipinski definition) is 4. The van der Waals surface area contributed by atoms with E-state index in [2.05, 4.69) is 24.1 Å². The van der Waals surface area contributed by atoms with E-state index in [0.717, 1.165) is 51.5 Å². The normalized spacial score (nSPS) is 22.8. The maximum absolute atomic E-state index is 13.8. The van der Waals surface area contributed by atoms with Gasteiger partial charge in [-0.25, -0.2) is 4.79 Å². The van der Waals surface area contributed by atoms with E-state index >= 15 is 0 Å². The molecule has 1 aliphatic carbocycles. The van der Waals surface area contributed by atoms with Crippen molar-refractivity contribution in [3.05, 3.63) is 11.6 Å². The Labute approximate surface area is 200 Å². The third kappa shape index (κ3) is 7.29. The zero-order valence-corrected chi connectivity index (χ0v) is 21.5. The number of hydrogen-bond donors (Lipinski definition) is 2. The number of amides is 2. The van der Waals surface area contributed by atoms with Crippen LogP contribution in [-0.4, -0.2) is 70.4 Å². The first-order valence-corrected chi connectivity index (χ1v) is 12.8. The molecule has 2 amide bonds. The van der Waals surface area contributed by atoms with Gasteiger partial charge in [-0.2, -0.15) is 0 Å². The molecule has 3 unspecified atom stereocenters. The first-order valence-electron chi connectivity index (χ1n) is 12.8. The van der Waals surface area contributed by atoms with Crippen LogP contribution in [0.5, 0.6) is 0 Å². The fourth-order valence-electron chi connectivity index (χ4n) is 5.40. The summed E-state index contributed by atoms with van der Waals surface area (Å²) in [5, 5.41) is 12.5. The number of piperidine rings is 1. The molecule has 0 aromatic carbocycles. The van der Waals surface area contributed by atoms with Crippen LogP contribution in [0.3, 0.4) is 0 Å². The summed E-state index contributed by atoms with van der Waals surface area (Å²) in [6.07, 6.45) is 9.77. The summed E-state index contributed by atoms with van der Waals surface area (Å²) in [4.78, 5) is 42.6. The van der Waals surface area contributed by atoms with Gasteiger partial charge < -0.3 is 15.3 Å². The number of carboxylic acids is 1. The Balaban J connectivity index is 2.28. The third-order valence-electron chi connectivity index (χ3n) is 7.43.